The number of aromatic nitrogens is 3. The van der Waals surface area contributed by atoms with Crippen LogP contribution in [-0.4, -0.2) is 49.6 Å². The number of hydrogen-bond donors (Lipinski definition) is 2. The number of fused-ring (bicyclic) bond motifs is 2. The molecule has 0 fully saturated rings. The SMILES string of the molecule is CCN1Cc2ccccc2CC1C(=O)NCc1cn2nc(C)sc2n1.O=CO. The van der Waals surface area contributed by atoms with Crippen LogP contribution in [0.25, 0.3) is 4.96 Å². The summed E-state index contributed by atoms with van der Waals surface area (Å²) in [5, 5.41) is 15.3. The lowest BCUT2D eigenvalue weighted by Gasteiger charge is -2.35. The first-order valence-corrected chi connectivity index (χ1v) is 9.85. The number of benzene rings is 1. The smallest absolute Gasteiger partial charge is 0.290 e. The van der Waals surface area contributed by atoms with Crippen LogP contribution in [0, 0.1) is 6.92 Å². The van der Waals surface area contributed by atoms with E-state index in [-0.39, 0.29) is 18.4 Å². The van der Waals surface area contributed by atoms with E-state index in [9.17, 15) is 4.79 Å². The molecule has 0 spiro atoms. The van der Waals surface area contributed by atoms with Crippen molar-refractivity contribution in [2.45, 2.75) is 39.4 Å². The van der Waals surface area contributed by atoms with E-state index < -0.39 is 0 Å². The zero-order chi connectivity index (χ0) is 20.1. The Hall–Kier alpha value is -2.78. The third kappa shape index (κ3) is 4.37. The second kappa shape index (κ2) is 8.94. The predicted octanol–water partition coefficient (Wildman–Crippen LogP) is 1.86. The van der Waals surface area contributed by atoms with Gasteiger partial charge in [-0.25, -0.2) is 9.50 Å². The van der Waals surface area contributed by atoms with Crippen molar-refractivity contribution in [2.75, 3.05) is 6.54 Å². The van der Waals surface area contributed by atoms with Gasteiger partial charge in [-0.3, -0.25) is 14.5 Å². The van der Waals surface area contributed by atoms with Crippen LogP contribution in [0.5, 0.6) is 0 Å². The van der Waals surface area contributed by atoms with Crippen molar-refractivity contribution in [2.24, 2.45) is 0 Å². The van der Waals surface area contributed by atoms with Gasteiger partial charge in [-0.1, -0.05) is 42.5 Å². The normalized spacial score (nSPS) is 16.1. The van der Waals surface area contributed by atoms with E-state index in [1.807, 2.05) is 19.2 Å². The van der Waals surface area contributed by atoms with Crippen LogP contribution in [0.2, 0.25) is 0 Å². The van der Waals surface area contributed by atoms with Gasteiger partial charge in [0.15, 0.2) is 0 Å². The highest BCUT2D eigenvalue weighted by Gasteiger charge is 2.30. The van der Waals surface area contributed by atoms with E-state index in [1.165, 1.54) is 11.1 Å². The number of nitrogens with zero attached hydrogens (tertiary/aromatic N) is 4. The van der Waals surface area contributed by atoms with E-state index in [1.54, 1.807) is 15.9 Å². The Morgan fingerprint density at radius 2 is 2.11 bits per heavy atom. The van der Waals surface area contributed by atoms with Gasteiger partial charge in [0, 0.05) is 6.54 Å². The van der Waals surface area contributed by atoms with Gasteiger partial charge in [-0.15, -0.1) is 0 Å². The lowest BCUT2D eigenvalue weighted by Crippen LogP contribution is -2.49. The molecule has 8 nitrogen and oxygen atoms in total. The highest BCUT2D eigenvalue weighted by molar-refractivity contribution is 7.16. The molecule has 9 heteroatoms. The summed E-state index contributed by atoms with van der Waals surface area (Å²) in [7, 11) is 0. The molecule has 3 heterocycles. The highest BCUT2D eigenvalue weighted by Crippen LogP contribution is 2.23. The molecular formula is C19H23N5O3S. The van der Waals surface area contributed by atoms with Crippen LogP contribution in [0.4, 0.5) is 0 Å². The maximum absolute atomic E-state index is 12.8. The Balaban J connectivity index is 0.000000706. The molecule has 4 rings (SSSR count). The summed E-state index contributed by atoms with van der Waals surface area (Å²) in [6.45, 7) is 5.93. The van der Waals surface area contributed by atoms with Gasteiger partial charge < -0.3 is 10.4 Å². The minimum Gasteiger partial charge on any atom is -0.483 e. The molecule has 1 atom stereocenters. The molecule has 1 aliphatic rings. The average molecular weight is 401 g/mol. The quantitative estimate of drug-likeness (QED) is 0.648. The van der Waals surface area contributed by atoms with Gasteiger partial charge in [-0.05, 0) is 31.0 Å². The van der Waals surface area contributed by atoms with Crippen molar-refractivity contribution in [3.63, 3.8) is 0 Å². The van der Waals surface area contributed by atoms with Crippen molar-refractivity contribution >= 4 is 28.7 Å². The molecule has 2 aromatic heterocycles. The number of amides is 1. The van der Waals surface area contributed by atoms with Gasteiger partial charge in [0.05, 0.1) is 24.5 Å². The first-order chi connectivity index (χ1) is 13.5. The van der Waals surface area contributed by atoms with Crippen molar-refractivity contribution in [3.8, 4) is 0 Å². The minimum atomic E-state index is -0.250. The second-order valence-electron chi connectivity index (χ2n) is 6.46. The predicted molar refractivity (Wildman–Crippen MR) is 106 cm³/mol. The standard InChI is InChI=1S/C18H21N5OS.CH2O2/c1-3-22-10-14-7-5-4-6-13(14)8-16(22)17(24)19-9-15-11-23-18(20-15)25-12(2)21-23;2-1-3/h4-7,11,16H,3,8-10H2,1-2H3,(H,19,24);1H,(H,2,3). The van der Waals surface area contributed by atoms with Gasteiger partial charge in [-0.2, -0.15) is 5.10 Å². The monoisotopic (exact) mass is 401 g/mol. The van der Waals surface area contributed by atoms with Crippen molar-refractivity contribution in [3.05, 3.63) is 52.3 Å². The summed E-state index contributed by atoms with van der Waals surface area (Å²) in [5.74, 6) is 0.0665. The van der Waals surface area contributed by atoms with E-state index in [2.05, 4.69) is 45.4 Å². The minimum absolute atomic E-state index is 0.0665. The number of hydrogen-bond acceptors (Lipinski definition) is 6. The number of carboxylic acid groups (broad SMARTS) is 1. The number of carbonyl (C=O) groups is 2. The largest absolute Gasteiger partial charge is 0.483 e. The molecule has 1 aromatic carbocycles. The molecule has 1 unspecified atom stereocenters. The molecule has 1 aliphatic heterocycles. The zero-order valence-electron chi connectivity index (χ0n) is 15.8. The number of aryl methyl sites for hydroxylation is 1. The number of nitrogens with one attached hydrogen (secondary N) is 1. The molecule has 0 bridgehead atoms. The maximum atomic E-state index is 12.8. The maximum Gasteiger partial charge on any atom is 0.290 e. The summed E-state index contributed by atoms with van der Waals surface area (Å²) < 4.78 is 1.77. The van der Waals surface area contributed by atoms with Crippen LogP contribution in [0.3, 0.4) is 0 Å². The molecule has 3 aromatic rings. The Morgan fingerprint density at radius 3 is 2.79 bits per heavy atom. The third-order valence-corrected chi connectivity index (χ3v) is 5.53. The lowest BCUT2D eigenvalue weighted by molar-refractivity contribution is -0.127. The average Bonchev–Trinajstić information content (AvgIpc) is 3.22. The van der Waals surface area contributed by atoms with Gasteiger partial charge in [0.1, 0.15) is 5.01 Å². The van der Waals surface area contributed by atoms with Crippen LogP contribution >= 0.6 is 11.3 Å². The number of imidazole rings is 1. The number of carbonyl (C=O) groups excluding carboxylic acids is 1. The Morgan fingerprint density at radius 1 is 1.39 bits per heavy atom. The fourth-order valence-corrected chi connectivity index (χ4v) is 4.14. The molecule has 2 N–H and O–H groups in total. The summed E-state index contributed by atoms with van der Waals surface area (Å²) in [4.78, 5) is 28.7. The molecule has 0 radical (unpaired) electrons. The summed E-state index contributed by atoms with van der Waals surface area (Å²) >= 11 is 1.55. The summed E-state index contributed by atoms with van der Waals surface area (Å²) in [5.41, 5.74) is 3.44. The van der Waals surface area contributed by atoms with Gasteiger partial charge in [0.2, 0.25) is 10.9 Å². The van der Waals surface area contributed by atoms with Crippen LogP contribution in [-0.2, 0) is 29.1 Å². The molecule has 0 aliphatic carbocycles. The van der Waals surface area contributed by atoms with Crippen molar-refractivity contribution in [1.82, 2.24) is 24.8 Å². The fraction of sp³-hybridized carbons (Fsp3) is 0.368. The van der Waals surface area contributed by atoms with Crippen LogP contribution in [0.1, 0.15) is 28.8 Å². The van der Waals surface area contributed by atoms with Crippen LogP contribution in [0.15, 0.2) is 30.5 Å². The summed E-state index contributed by atoms with van der Waals surface area (Å²) in [6.07, 6.45) is 2.64. The number of rotatable bonds is 4. The molecule has 1 amide bonds. The third-order valence-electron chi connectivity index (χ3n) is 4.69. The molecule has 148 valence electrons. The lowest BCUT2D eigenvalue weighted by atomic mass is 9.93. The Kier molecular flexibility index (Phi) is 6.37. The molecule has 0 saturated carbocycles. The van der Waals surface area contributed by atoms with E-state index in [0.717, 1.165) is 35.2 Å². The first-order valence-electron chi connectivity index (χ1n) is 9.03. The number of likely N-dealkylation sites (N-methyl/N-ethyl adjacent to an activating group) is 1. The Labute approximate surface area is 166 Å². The second-order valence-corrected chi connectivity index (χ2v) is 7.62. The van der Waals surface area contributed by atoms with Gasteiger partial charge >= 0.3 is 0 Å². The first kappa shape index (κ1) is 20.0. The van der Waals surface area contributed by atoms with E-state index in [4.69, 9.17) is 9.90 Å². The topological polar surface area (TPSA) is 99.8 Å². The highest BCUT2D eigenvalue weighted by atomic mass is 32.1. The zero-order valence-corrected chi connectivity index (χ0v) is 16.6. The van der Waals surface area contributed by atoms with E-state index in [0.29, 0.717) is 6.54 Å². The van der Waals surface area contributed by atoms with Crippen molar-refractivity contribution < 1.29 is 14.7 Å². The Bertz CT molecular complexity index is 936. The molecular weight excluding hydrogens is 378 g/mol. The molecule has 0 saturated heterocycles. The van der Waals surface area contributed by atoms with Crippen molar-refractivity contribution in [1.29, 1.82) is 0 Å². The molecule has 28 heavy (non-hydrogen) atoms. The summed E-state index contributed by atoms with van der Waals surface area (Å²) in [6, 6.07) is 8.26. The van der Waals surface area contributed by atoms with Crippen LogP contribution < -0.4 is 5.32 Å². The van der Waals surface area contributed by atoms with E-state index >= 15 is 0 Å². The fourth-order valence-electron chi connectivity index (χ4n) is 3.39. The van der Waals surface area contributed by atoms with Gasteiger partial charge in [0.25, 0.3) is 6.47 Å².